The van der Waals surface area contributed by atoms with Gasteiger partial charge in [-0.25, -0.2) is 4.98 Å². The van der Waals surface area contributed by atoms with Gasteiger partial charge in [-0.15, -0.1) is 11.3 Å². The van der Waals surface area contributed by atoms with Crippen molar-refractivity contribution >= 4 is 23.2 Å². The number of amides is 2. The summed E-state index contributed by atoms with van der Waals surface area (Å²) in [7, 11) is 0. The Kier molecular flexibility index (Phi) is 5.81. The van der Waals surface area contributed by atoms with Crippen molar-refractivity contribution in [1.29, 1.82) is 0 Å². The van der Waals surface area contributed by atoms with E-state index >= 15 is 0 Å². The van der Waals surface area contributed by atoms with E-state index < -0.39 is 0 Å². The monoisotopic (exact) mass is 357 g/mol. The number of thiazole rings is 1. The minimum absolute atomic E-state index is 0.0609. The highest BCUT2D eigenvalue weighted by Crippen LogP contribution is 2.14. The SMILES string of the molecule is Cc1nc(CC(=O)NC2CC(=O)N(CCCc3ccccc3)C2)cs1. The summed E-state index contributed by atoms with van der Waals surface area (Å²) in [5.74, 6) is 0.0668. The van der Waals surface area contributed by atoms with Crippen molar-refractivity contribution < 1.29 is 9.59 Å². The third kappa shape index (κ3) is 5.13. The van der Waals surface area contributed by atoms with Crippen LogP contribution in [0.1, 0.15) is 29.1 Å². The Bertz CT molecular complexity index is 729. The largest absolute Gasteiger partial charge is 0.351 e. The summed E-state index contributed by atoms with van der Waals surface area (Å²) in [6.45, 7) is 3.27. The van der Waals surface area contributed by atoms with Gasteiger partial charge in [0.2, 0.25) is 11.8 Å². The Balaban J connectivity index is 1.41. The van der Waals surface area contributed by atoms with Crippen LogP contribution in [0.15, 0.2) is 35.7 Å². The molecule has 0 spiro atoms. The van der Waals surface area contributed by atoms with E-state index in [1.54, 1.807) is 11.3 Å². The molecule has 132 valence electrons. The Morgan fingerprint density at radius 1 is 1.36 bits per heavy atom. The van der Waals surface area contributed by atoms with Crippen molar-refractivity contribution in [3.63, 3.8) is 0 Å². The summed E-state index contributed by atoms with van der Waals surface area (Å²) in [5.41, 5.74) is 2.08. The predicted octanol–water partition coefficient (Wildman–Crippen LogP) is 2.34. The highest BCUT2D eigenvalue weighted by atomic mass is 32.1. The predicted molar refractivity (Wildman–Crippen MR) is 98.4 cm³/mol. The third-order valence-electron chi connectivity index (χ3n) is 4.32. The second kappa shape index (κ2) is 8.25. The summed E-state index contributed by atoms with van der Waals surface area (Å²) in [6.07, 6.45) is 2.58. The molecule has 25 heavy (non-hydrogen) atoms. The molecule has 0 saturated carbocycles. The van der Waals surface area contributed by atoms with E-state index in [0.29, 0.717) is 13.0 Å². The lowest BCUT2D eigenvalue weighted by atomic mass is 10.1. The molecule has 0 radical (unpaired) electrons. The van der Waals surface area contributed by atoms with E-state index in [2.05, 4.69) is 22.4 Å². The summed E-state index contributed by atoms with van der Waals surface area (Å²) >= 11 is 1.54. The van der Waals surface area contributed by atoms with Gasteiger partial charge in [0, 0.05) is 24.9 Å². The maximum atomic E-state index is 12.1. The van der Waals surface area contributed by atoms with Crippen molar-refractivity contribution in [3.05, 3.63) is 52.0 Å². The van der Waals surface area contributed by atoms with Gasteiger partial charge in [-0.3, -0.25) is 9.59 Å². The molecule has 0 bridgehead atoms. The second-order valence-corrected chi connectivity index (χ2v) is 7.49. The number of nitrogens with zero attached hydrogens (tertiary/aromatic N) is 2. The molecule has 2 heterocycles. The average molecular weight is 357 g/mol. The van der Waals surface area contributed by atoms with Gasteiger partial charge < -0.3 is 10.2 Å². The minimum Gasteiger partial charge on any atom is -0.351 e. The topological polar surface area (TPSA) is 62.3 Å². The molecular formula is C19H23N3O2S. The highest BCUT2D eigenvalue weighted by Gasteiger charge is 2.30. The van der Waals surface area contributed by atoms with Gasteiger partial charge in [0.25, 0.3) is 0 Å². The van der Waals surface area contributed by atoms with Crippen LogP contribution in [0.3, 0.4) is 0 Å². The van der Waals surface area contributed by atoms with Crippen LogP contribution in [-0.4, -0.2) is 40.8 Å². The average Bonchev–Trinajstić information content (AvgIpc) is 3.14. The summed E-state index contributed by atoms with van der Waals surface area (Å²) in [5, 5.41) is 5.84. The number of rotatable bonds is 7. The van der Waals surface area contributed by atoms with E-state index in [1.807, 2.05) is 35.4 Å². The first-order valence-corrected chi connectivity index (χ1v) is 9.50. The molecule has 3 rings (SSSR count). The molecule has 1 aliphatic heterocycles. The molecule has 1 saturated heterocycles. The van der Waals surface area contributed by atoms with E-state index in [9.17, 15) is 9.59 Å². The number of carbonyl (C=O) groups excluding carboxylic acids is 2. The summed E-state index contributed by atoms with van der Waals surface area (Å²) in [6, 6.07) is 10.2. The fraction of sp³-hybridized carbons (Fsp3) is 0.421. The molecule has 5 nitrogen and oxygen atoms in total. The molecule has 1 aromatic heterocycles. The first-order chi connectivity index (χ1) is 12.1. The van der Waals surface area contributed by atoms with Crippen LogP contribution >= 0.6 is 11.3 Å². The van der Waals surface area contributed by atoms with Crippen LogP contribution in [-0.2, 0) is 22.4 Å². The fourth-order valence-electron chi connectivity index (χ4n) is 3.14. The smallest absolute Gasteiger partial charge is 0.226 e. The highest BCUT2D eigenvalue weighted by molar-refractivity contribution is 7.09. The number of aryl methyl sites for hydroxylation is 2. The van der Waals surface area contributed by atoms with Crippen molar-refractivity contribution in [2.45, 2.75) is 38.6 Å². The van der Waals surface area contributed by atoms with Crippen molar-refractivity contribution in [2.75, 3.05) is 13.1 Å². The maximum absolute atomic E-state index is 12.1. The van der Waals surface area contributed by atoms with Gasteiger partial charge in [0.15, 0.2) is 0 Å². The van der Waals surface area contributed by atoms with E-state index in [0.717, 1.165) is 30.1 Å². The molecule has 1 atom stereocenters. The zero-order valence-corrected chi connectivity index (χ0v) is 15.2. The first kappa shape index (κ1) is 17.6. The van der Waals surface area contributed by atoms with Gasteiger partial charge in [-0.05, 0) is 25.3 Å². The van der Waals surface area contributed by atoms with Crippen LogP contribution in [0.5, 0.6) is 0 Å². The molecule has 0 aliphatic carbocycles. The number of aromatic nitrogens is 1. The van der Waals surface area contributed by atoms with Gasteiger partial charge in [0.1, 0.15) is 0 Å². The van der Waals surface area contributed by atoms with E-state index in [-0.39, 0.29) is 24.3 Å². The molecular weight excluding hydrogens is 334 g/mol. The number of likely N-dealkylation sites (tertiary alicyclic amines) is 1. The molecule has 6 heteroatoms. The van der Waals surface area contributed by atoms with Crippen molar-refractivity contribution in [2.24, 2.45) is 0 Å². The van der Waals surface area contributed by atoms with Crippen molar-refractivity contribution in [1.82, 2.24) is 15.2 Å². The molecule has 1 aromatic carbocycles. The molecule has 2 amide bonds. The lowest BCUT2D eigenvalue weighted by Crippen LogP contribution is -2.38. The lowest BCUT2D eigenvalue weighted by Gasteiger charge is -2.17. The van der Waals surface area contributed by atoms with Crippen LogP contribution in [0.25, 0.3) is 0 Å². The Hall–Kier alpha value is -2.21. The van der Waals surface area contributed by atoms with Crippen LogP contribution < -0.4 is 5.32 Å². The number of nitrogens with one attached hydrogen (secondary N) is 1. The zero-order chi connectivity index (χ0) is 17.6. The van der Waals surface area contributed by atoms with E-state index in [1.165, 1.54) is 5.56 Å². The Labute approximate surface area is 152 Å². The second-order valence-electron chi connectivity index (χ2n) is 6.43. The molecule has 1 aliphatic rings. The maximum Gasteiger partial charge on any atom is 0.226 e. The summed E-state index contributed by atoms with van der Waals surface area (Å²) < 4.78 is 0. The number of carbonyl (C=O) groups is 2. The van der Waals surface area contributed by atoms with Crippen LogP contribution in [0, 0.1) is 6.92 Å². The minimum atomic E-state index is -0.0866. The van der Waals surface area contributed by atoms with Gasteiger partial charge in [-0.1, -0.05) is 30.3 Å². The normalized spacial score (nSPS) is 17.1. The first-order valence-electron chi connectivity index (χ1n) is 8.62. The van der Waals surface area contributed by atoms with Crippen LogP contribution in [0.4, 0.5) is 0 Å². The Morgan fingerprint density at radius 3 is 2.88 bits per heavy atom. The van der Waals surface area contributed by atoms with Gasteiger partial charge in [-0.2, -0.15) is 0 Å². The molecule has 1 unspecified atom stereocenters. The standard InChI is InChI=1S/C19H23N3O2S/c1-14-20-17(13-25-14)10-18(23)21-16-11-19(24)22(12-16)9-5-8-15-6-3-2-4-7-15/h2-4,6-7,13,16H,5,8-12H2,1H3,(H,21,23). The van der Waals surface area contributed by atoms with Crippen LogP contribution in [0.2, 0.25) is 0 Å². The van der Waals surface area contributed by atoms with Crippen molar-refractivity contribution in [3.8, 4) is 0 Å². The molecule has 1 fully saturated rings. The number of hydrogen-bond acceptors (Lipinski definition) is 4. The molecule has 2 aromatic rings. The number of benzene rings is 1. The lowest BCUT2D eigenvalue weighted by molar-refractivity contribution is -0.127. The van der Waals surface area contributed by atoms with E-state index in [4.69, 9.17) is 0 Å². The molecule has 1 N–H and O–H groups in total. The Morgan fingerprint density at radius 2 is 2.16 bits per heavy atom. The third-order valence-corrected chi connectivity index (χ3v) is 5.15. The summed E-state index contributed by atoms with van der Waals surface area (Å²) in [4.78, 5) is 30.4. The fourth-order valence-corrected chi connectivity index (χ4v) is 3.75. The quantitative estimate of drug-likeness (QED) is 0.827. The zero-order valence-electron chi connectivity index (χ0n) is 14.4. The van der Waals surface area contributed by atoms with Gasteiger partial charge >= 0.3 is 0 Å². The van der Waals surface area contributed by atoms with Gasteiger partial charge in [0.05, 0.1) is 23.2 Å². The number of hydrogen-bond donors (Lipinski definition) is 1.